The van der Waals surface area contributed by atoms with E-state index in [1.165, 1.54) is 19.3 Å². The quantitative estimate of drug-likeness (QED) is 0.578. The Morgan fingerprint density at radius 1 is 0.941 bits per heavy atom. The van der Waals surface area contributed by atoms with Crippen LogP contribution < -0.4 is 10.6 Å². The fraction of sp³-hybridized carbons (Fsp3) is 0.929. The molecule has 0 bridgehead atoms. The summed E-state index contributed by atoms with van der Waals surface area (Å²) in [6.07, 6.45) is 4.80. The van der Waals surface area contributed by atoms with Gasteiger partial charge in [-0.15, -0.1) is 0 Å². The van der Waals surface area contributed by atoms with Gasteiger partial charge in [0, 0.05) is 12.5 Å². The van der Waals surface area contributed by atoms with Crippen LogP contribution in [-0.2, 0) is 4.79 Å². The normalized spacial score (nSPS) is 11.2. The molecule has 0 rings (SSSR count). The SMILES string of the molecule is CC(C)CNCCCCCCNC(=O)C(C)C. The van der Waals surface area contributed by atoms with Gasteiger partial charge in [-0.25, -0.2) is 0 Å². The number of amides is 1. The maximum atomic E-state index is 11.3. The van der Waals surface area contributed by atoms with E-state index >= 15 is 0 Å². The first-order chi connectivity index (χ1) is 8.04. The highest BCUT2D eigenvalue weighted by molar-refractivity contribution is 5.77. The number of unbranched alkanes of at least 4 members (excludes halogenated alkanes) is 3. The number of hydrogen-bond donors (Lipinski definition) is 2. The second-order valence-electron chi connectivity index (χ2n) is 5.46. The zero-order chi connectivity index (χ0) is 13.1. The first-order valence-corrected chi connectivity index (χ1v) is 7.02. The van der Waals surface area contributed by atoms with Gasteiger partial charge in [0.2, 0.25) is 5.91 Å². The number of carbonyl (C=O) groups excluding carboxylic acids is 1. The van der Waals surface area contributed by atoms with Crippen molar-refractivity contribution >= 4 is 5.91 Å². The van der Waals surface area contributed by atoms with Gasteiger partial charge in [-0.3, -0.25) is 4.79 Å². The summed E-state index contributed by atoms with van der Waals surface area (Å²) in [6, 6.07) is 0. The summed E-state index contributed by atoms with van der Waals surface area (Å²) in [5.74, 6) is 1.01. The van der Waals surface area contributed by atoms with E-state index in [0.29, 0.717) is 0 Å². The van der Waals surface area contributed by atoms with Crippen molar-refractivity contribution in [2.75, 3.05) is 19.6 Å². The molecular weight excluding hydrogens is 212 g/mol. The Hall–Kier alpha value is -0.570. The average molecular weight is 242 g/mol. The second kappa shape index (κ2) is 10.6. The van der Waals surface area contributed by atoms with E-state index < -0.39 is 0 Å². The third-order valence-corrected chi connectivity index (χ3v) is 2.66. The molecule has 0 saturated heterocycles. The van der Waals surface area contributed by atoms with E-state index in [4.69, 9.17) is 0 Å². The molecule has 0 aliphatic rings. The Kier molecular flexibility index (Phi) is 10.2. The van der Waals surface area contributed by atoms with Crippen LogP contribution in [0.1, 0.15) is 53.4 Å². The molecule has 0 aromatic rings. The molecule has 3 heteroatoms. The minimum absolute atomic E-state index is 0.107. The fourth-order valence-corrected chi connectivity index (χ4v) is 1.54. The highest BCUT2D eigenvalue weighted by atomic mass is 16.1. The number of carbonyl (C=O) groups is 1. The summed E-state index contributed by atoms with van der Waals surface area (Å²) in [5.41, 5.74) is 0. The molecule has 0 aliphatic carbocycles. The second-order valence-corrected chi connectivity index (χ2v) is 5.46. The number of rotatable bonds is 10. The average Bonchev–Trinajstić information content (AvgIpc) is 2.25. The fourth-order valence-electron chi connectivity index (χ4n) is 1.54. The highest BCUT2D eigenvalue weighted by Crippen LogP contribution is 1.99. The summed E-state index contributed by atoms with van der Waals surface area (Å²) < 4.78 is 0. The monoisotopic (exact) mass is 242 g/mol. The Balaban J connectivity index is 3.11. The Bertz CT molecular complexity index is 191. The summed E-state index contributed by atoms with van der Waals surface area (Å²) in [4.78, 5) is 11.3. The molecule has 0 spiro atoms. The minimum Gasteiger partial charge on any atom is -0.356 e. The molecule has 3 nitrogen and oxygen atoms in total. The zero-order valence-electron chi connectivity index (χ0n) is 12.0. The molecule has 0 unspecified atom stereocenters. The maximum absolute atomic E-state index is 11.3. The third kappa shape index (κ3) is 11.7. The smallest absolute Gasteiger partial charge is 0.222 e. The van der Waals surface area contributed by atoms with Gasteiger partial charge in [0.1, 0.15) is 0 Å². The van der Waals surface area contributed by atoms with Crippen LogP contribution in [-0.4, -0.2) is 25.5 Å². The first kappa shape index (κ1) is 16.4. The van der Waals surface area contributed by atoms with Crippen LogP contribution in [0.25, 0.3) is 0 Å². The zero-order valence-corrected chi connectivity index (χ0v) is 12.0. The number of nitrogens with one attached hydrogen (secondary N) is 2. The van der Waals surface area contributed by atoms with Gasteiger partial charge >= 0.3 is 0 Å². The van der Waals surface area contributed by atoms with Crippen LogP contribution in [0, 0.1) is 11.8 Å². The lowest BCUT2D eigenvalue weighted by Gasteiger charge is -2.08. The van der Waals surface area contributed by atoms with Crippen molar-refractivity contribution in [1.82, 2.24) is 10.6 Å². The maximum Gasteiger partial charge on any atom is 0.222 e. The number of hydrogen-bond acceptors (Lipinski definition) is 2. The topological polar surface area (TPSA) is 41.1 Å². The molecule has 1 amide bonds. The van der Waals surface area contributed by atoms with Crippen LogP contribution in [0.15, 0.2) is 0 Å². The summed E-state index contributed by atoms with van der Waals surface area (Å²) in [6.45, 7) is 11.4. The Labute approximate surface area is 107 Å². The summed E-state index contributed by atoms with van der Waals surface area (Å²) >= 11 is 0. The van der Waals surface area contributed by atoms with E-state index in [1.807, 2.05) is 13.8 Å². The van der Waals surface area contributed by atoms with Gasteiger partial charge in [-0.1, -0.05) is 40.5 Å². The predicted molar refractivity (Wildman–Crippen MR) is 74.0 cm³/mol. The van der Waals surface area contributed by atoms with Gasteiger partial charge in [-0.05, 0) is 31.8 Å². The van der Waals surface area contributed by atoms with Gasteiger partial charge in [0.05, 0.1) is 0 Å². The largest absolute Gasteiger partial charge is 0.356 e. The van der Waals surface area contributed by atoms with Crippen molar-refractivity contribution in [2.45, 2.75) is 53.4 Å². The van der Waals surface area contributed by atoms with Crippen LogP contribution >= 0.6 is 0 Å². The van der Waals surface area contributed by atoms with Crippen LogP contribution in [0.3, 0.4) is 0 Å². The first-order valence-electron chi connectivity index (χ1n) is 7.02. The van der Waals surface area contributed by atoms with E-state index in [2.05, 4.69) is 24.5 Å². The van der Waals surface area contributed by atoms with Gasteiger partial charge in [-0.2, -0.15) is 0 Å². The molecular formula is C14H30N2O. The van der Waals surface area contributed by atoms with Crippen LogP contribution in [0.2, 0.25) is 0 Å². The van der Waals surface area contributed by atoms with E-state index in [9.17, 15) is 4.79 Å². The molecule has 0 saturated carbocycles. The molecule has 0 aliphatic heterocycles. The van der Waals surface area contributed by atoms with Crippen LogP contribution in [0.4, 0.5) is 0 Å². The van der Waals surface area contributed by atoms with Crippen LogP contribution in [0.5, 0.6) is 0 Å². The minimum atomic E-state index is 0.107. The van der Waals surface area contributed by atoms with Crippen molar-refractivity contribution in [3.63, 3.8) is 0 Å². The van der Waals surface area contributed by atoms with Crippen molar-refractivity contribution in [1.29, 1.82) is 0 Å². The molecule has 0 aromatic carbocycles. The third-order valence-electron chi connectivity index (χ3n) is 2.66. The molecule has 0 atom stereocenters. The van der Waals surface area contributed by atoms with Crippen molar-refractivity contribution in [3.05, 3.63) is 0 Å². The molecule has 0 aromatic heterocycles. The van der Waals surface area contributed by atoms with Gasteiger partial charge in [0.15, 0.2) is 0 Å². The van der Waals surface area contributed by atoms with E-state index in [0.717, 1.165) is 32.0 Å². The van der Waals surface area contributed by atoms with E-state index in [1.54, 1.807) is 0 Å². The van der Waals surface area contributed by atoms with Crippen molar-refractivity contribution in [2.24, 2.45) is 11.8 Å². The standard InChI is InChI=1S/C14H30N2O/c1-12(2)11-15-9-7-5-6-8-10-16-14(17)13(3)4/h12-13,15H,5-11H2,1-4H3,(H,16,17). The van der Waals surface area contributed by atoms with Gasteiger partial charge in [0.25, 0.3) is 0 Å². The molecule has 0 fully saturated rings. The van der Waals surface area contributed by atoms with Gasteiger partial charge < -0.3 is 10.6 Å². The predicted octanol–water partition coefficient (Wildman–Crippen LogP) is 2.56. The highest BCUT2D eigenvalue weighted by Gasteiger charge is 2.04. The molecule has 17 heavy (non-hydrogen) atoms. The Morgan fingerprint density at radius 2 is 1.53 bits per heavy atom. The summed E-state index contributed by atoms with van der Waals surface area (Å²) in [5, 5.41) is 6.38. The molecule has 0 heterocycles. The van der Waals surface area contributed by atoms with Crippen molar-refractivity contribution < 1.29 is 4.79 Å². The molecule has 2 N–H and O–H groups in total. The summed E-state index contributed by atoms with van der Waals surface area (Å²) in [7, 11) is 0. The Morgan fingerprint density at radius 3 is 2.06 bits per heavy atom. The lowest BCUT2D eigenvalue weighted by molar-refractivity contribution is -0.123. The molecule has 0 radical (unpaired) electrons. The van der Waals surface area contributed by atoms with Crippen molar-refractivity contribution in [3.8, 4) is 0 Å². The lowest BCUT2D eigenvalue weighted by Crippen LogP contribution is -2.28. The van der Waals surface area contributed by atoms with E-state index in [-0.39, 0.29) is 11.8 Å². The molecule has 102 valence electrons. The lowest BCUT2D eigenvalue weighted by atomic mass is 10.1.